The number of nitrogens with zero attached hydrogens (tertiary/aromatic N) is 2. The smallest absolute Gasteiger partial charge is 0.226 e. The predicted octanol–water partition coefficient (Wildman–Crippen LogP) is 7.62. The van der Waals surface area contributed by atoms with E-state index in [1.165, 1.54) is 0 Å². The molecule has 0 aromatic rings. The molecule has 202 valence electrons. The molecule has 35 heavy (non-hydrogen) atoms. The second kappa shape index (κ2) is 14.4. The van der Waals surface area contributed by atoms with Gasteiger partial charge in [0.25, 0.3) is 0 Å². The third-order valence-electron chi connectivity index (χ3n) is 9.33. The maximum absolute atomic E-state index is 14.5. The van der Waals surface area contributed by atoms with Gasteiger partial charge in [0.05, 0.1) is 5.92 Å². The summed E-state index contributed by atoms with van der Waals surface area (Å²) < 4.78 is 0. The van der Waals surface area contributed by atoms with Gasteiger partial charge in [-0.25, -0.2) is 0 Å². The fourth-order valence-corrected chi connectivity index (χ4v) is 7.08. The van der Waals surface area contributed by atoms with Crippen molar-refractivity contribution in [1.82, 2.24) is 9.80 Å². The Morgan fingerprint density at radius 3 is 1.71 bits per heavy atom. The van der Waals surface area contributed by atoms with Crippen LogP contribution in [0.5, 0.6) is 0 Å². The highest BCUT2D eigenvalue weighted by atomic mass is 16.2. The van der Waals surface area contributed by atoms with Crippen LogP contribution in [-0.2, 0) is 9.59 Å². The molecule has 1 saturated carbocycles. The van der Waals surface area contributed by atoms with E-state index in [0.29, 0.717) is 12.3 Å². The van der Waals surface area contributed by atoms with Crippen LogP contribution in [-0.4, -0.2) is 47.8 Å². The lowest BCUT2D eigenvalue weighted by Crippen LogP contribution is -2.52. The molecule has 0 aromatic heterocycles. The zero-order valence-electron chi connectivity index (χ0n) is 24.0. The minimum Gasteiger partial charge on any atom is -0.343 e. The lowest BCUT2D eigenvalue weighted by Gasteiger charge is -2.50. The molecule has 2 aliphatic rings. The second-order valence-corrected chi connectivity index (χ2v) is 11.4. The molecule has 0 spiro atoms. The molecule has 2 bridgehead atoms. The van der Waals surface area contributed by atoms with Crippen molar-refractivity contribution in [3.63, 3.8) is 0 Å². The molecule has 0 saturated heterocycles. The number of hydrogen-bond acceptors (Lipinski definition) is 2. The number of allylic oxidation sites excluding steroid dienone is 2. The van der Waals surface area contributed by atoms with Gasteiger partial charge in [0.1, 0.15) is 0 Å². The molecule has 4 unspecified atom stereocenters. The summed E-state index contributed by atoms with van der Waals surface area (Å²) >= 11 is 0. The Labute approximate surface area is 217 Å². The number of unbranched alkanes of at least 4 members (excludes halogenated alkanes) is 4. The minimum atomic E-state index is -0.214. The van der Waals surface area contributed by atoms with E-state index in [-0.39, 0.29) is 28.6 Å². The van der Waals surface area contributed by atoms with Gasteiger partial charge in [0, 0.05) is 32.6 Å². The van der Waals surface area contributed by atoms with Crippen molar-refractivity contribution in [3.05, 3.63) is 12.2 Å². The maximum atomic E-state index is 14.5. The molecular weight excluding hydrogens is 432 g/mol. The van der Waals surface area contributed by atoms with E-state index in [0.717, 1.165) is 103 Å². The van der Waals surface area contributed by atoms with Gasteiger partial charge in [-0.05, 0) is 68.1 Å². The normalized spacial score (nSPS) is 25.7. The quantitative estimate of drug-likeness (QED) is 0.186. The van der Waals surface area contributed by atoms with Gasteiger partial charge in [-0.3, -0.25) is 9.59 Å². The molecule has 0 heterocycles. The molecule has 2 amide bonds. The molecule has 0 aromatic carbocycles. The summed E-state index contributed by atoms with van der Waals surface area (Å²) in [6.07, 6.45) is 18.0. The minimum absolute atomic E-state index is 0.0614. The SMILES string of the molecule is CCCCN(CCCC)C(=O)CC(C(=O)N(CCCC)CCCC)C1(CC)CC2C=CC1(CC)C2. The molecule has 4 nitrogen and oxygen atoms in total. The van der Waals surface area contributed by atoms with Crippen molar-refractivity contribution in [2.24, 2.45) is 22.7 Å². The van der Waals surface area contributed by atoms with Crippen LogP contribution in [0.4, 0.5) is 0 Å². The molecule has 0 N–H and O–H groups in total. The van der Waals surface area contributed by atoms with Gasteiger partial charge in [0.15, 0.2) is 0 Å². The number of fused-ring (bicyclic) bond motifs is 2. The molecule has 0 aliphatic heterocycles. The van der Waals surface area contributed by atoms with E-state index < -0.39 is 0 Å². The van der Waals surface area contributed by atoms with Gasteiger partial charge >= 0.3 is 0 Å². The van der Waals surface area contributed by atoms with Crippen molar-refractivity contribution in [2.75, 3.05) is 26.2 Å². The van der Waals surface area contributed by atoms with E-state index in [2.05, 4.69) is 63.5 Å². The van der Waals surface area contributed by atoms with Crippen molar-refractivity contribution < 1.29 is 9.59 Å². The topological polar surface area (TPSA) is 40.6 Å². The lowest BCUT2D eigenvalue weighted by atomic mass is 9.55. The third-order valence-corrected chi connectivity index (χ3v) is 9.33. The number of carbonyl (C=O) groups excluding carboxylic acids is 2. The number of carbonyl (C=O) groups is 2. The average molecular weight is 489 g/mol. The first-order valence-corrected chi connectivity index (χ1v) is 15.1. The Morgan fingerprint density at radius 1 is 0.771 bits per heavy atom. The summed E-state index contributed by atoms with van der Waals surface area (Å²) in [7, 11) is 0. The van der Waals surface area contributed by atoms with Crippen LogP contribution in [0.1, 0.15) is 125 Å². The first kappa shape index (κ1) is 29.9. The van der Waals surface area contributed by atoms with Gasteiger partial charge in [-0.2, -0.15) is 0 Å². The molecule has 1 fully saturated rings. The van der Waals surface area contributed by atoms with Crippen molar-refractivity contribution in [1.29, 1.82) is 0 Å². The fourth-order valence-electron chi connectivity index (χ4n) is 7.08. The monoisotopic (exact) mass is 488 g/mol. The van der Waals surface area contributed by atoms with E-state index >= 15 is 0 Å². The van der Waals surface area contributed by atoms with Crippen LogP contribution < -0.4 is 0 Å². The van der Waals surface area contributed by atoms with Crippen molar-refractivity contribution >= 4 is 11.8 Å². The Hall–Kier alpha value is -1.32. The fraction of sp³-hybridized carbons (Fsp3) is 0.871. The third kappa shape index (κ3) is 6.72. The zero-order chi connectivity index (χ0) is 25.9. The van der Waals surface area contributed by atoms with E-state index in [1.807, 2.05) is 0 Å². The number of rotatable bonds is 18. The lowest BCUT2D eigenvalue weighted by molar-refractivity contribution is -0.150. The van der Waals surface area contributed by atoms with Crippen LogP contribution in [0.25, 0.3) is 0 Å². The van der Waals surface area contributed by atoms with Crippen molar-refractivity contribution in [3.8, 4) is 0 Å². The summed E-state index contributed by atoms with van der Waals surface area (Å²) in [6, 6.07) is 0. The molecular formula is C31H56N2O2. The molecule has 2 aliphatic carbocycles. The van der Waals surface area contributed by atoms with Crippen LogP contribution in [0.15, 0.2) is 12.2 Å². The average Bonchev–Trinajstić information content (AvgIpc) is 3.44. The van der Waals surface area contributed by atoms with Gasteiger partial charge in [-0.1, -0.05) is 79.4 Å². The van der Waals surface area contributed by atoms with Crippen LogP contribution in [0.3, 0.4) is 0 Å². The molecule has 0 radical (unpaired) electrons. The Bertz CT molecular complexity index is 673. The number of amides is 2. The summed E-state index contributed by atoms with van der Waals surface area (Å²) in [4.78, 5) is 32.6. The molecule has 4 atom stereocenters. The van der Waals surface area contributed by atoms with E-state index in [9.17, 15) is 9.59 Å². The van der Waals surface area contributed by atoms with Gasteiger partial charge in [0.2, 0.25) is 11.8 Å². The first-order valence-electron chi connectivity index (χ1n) is 15.1. The highest BCUT2D eigenvalue weighted by Gasteiger charge is 2.62. The van der Waals surface area contributed by atoms with Gasteiger partial charge in [-0.15, -0.1) is 0 Å². The summed E-state index contributed by atoms with van der Waals surface area (Å²) in [5.41, 5.74) is -0.0440. The molecule has 2 rings (SSSR count). The highest BCUT2D eigenvalue weighted by molar-refractivity contribution is 5.87. The van der Waals surface area contributed by atoms with Crippen LogP contribution in [0.2, 0.25) is 0 Å². The summed E-state index contributed by atoms with van der Waals surface area (Å²) in [5.74, 6) is 0.828. The van der Waals surface area contributed by atoms with Gasteiger partial charge < -0.3 is 9.80 Å². The van der Waals surface area contributed by atoms with E-state index in [1.54, 1.807) is 0 Å². The standard InChI is InChI=1S/C31H56N2O2/c1-7-13-19-32(20-14-8-2)28(34)23-27(29(35)33(21-15-9-3)22-16-10-4)31(12-6)25-26-17-18-30(31,11-5)24-26/h17-18,26-27H,7-16,19-25H2,1-6H3. The summed E-state index contributed by atoms with van der Waals surface area (Å²) in [6.45, 7) is 16.7. The Morgan fingerprint density at radius 2 is 1.29 bits per heavy atom. The second-order valence-electron chi connectivity index (χ2n) is 11.4. The zero-order valence-corrected chi connectivity index (χ0v) is 24.0. The largest absolute Gasteiger partial charge is 0.343 e. The predicted molar refractivity (Wildman–Crippen MR) is 148 cm³/mol. The van der Waals surface area contributed by atoms with Crippen LogP contribution in [0, 0.1) is 22.7 Å². The maximum Gasteiger partial charge on any atom is 0.226 e. The molecule has 4 heteroatoms. The van der Waals surface area contributed by atoms with Crippen LogP contribution >= 0.6 is 0 Å². The number of hydrogen-bond donors (Lipinski definition) is 0. The summed E-state index contributed by atoms with van der Waals surface area (Å²) in [5, 5.41) is 0. The van der Waals surface area contributed by atoms with E-state index in [4.69, 9.17) is 0 Å². The Kier molecular flexibility index (Phi) is 12.3. The Balaban J connectivity index is 2.44. The van der Waals surface area contributed by atoms with Crippen molar-refractivity contribution in [2.45, 2.75) is 125 Å². The first-order chi connectivity index (χ1) is 16.9. The highest BCUT2D eigenvalue weighted by Crippen LogP contribution is 2.67.